The number of benzene rings is 1. The van der Waals surface area contributed by atoms with Crippen LogP contribution in [0.2, 0.25) is 0 Å². The number of hydrogen-bond donors (Lipinski definition) is 4. The third kappa shape index (κ3) is 2.80. The quantitative estimate of drug-likeness (QED) is 0.643. The predicted octanol–water partition coefficient (Wildman–Crippen LogP) is 1.18. The molecular weight excluding hydrogens is 285 g/mol. The fourth-order valence-electron chi connectivity index (χ4n) is 1.94. The summed E-state index contributed by atoms with van der Waals surface area (Å²) in [5, 5.41) is 30.3. The van der Waals surface area contributed by atoms with Crippen LogP contribution in [0.15, 0.2) is 18.2 Å². The van der Waals surface area contributed by atoms with Crippen molar-refractivity contribution in [2.75, 3.05) is 13.2 Å². The van der Waals surface area contributed by atoms with Crippen molar-refractivity contribution in [1.82, 2.24) is 5.32 Å². The summed E-state index contributed by atoms with van der Waals surface area (Å²) >= 11 is 1.01. The molecule has 108 valence electrons. The Bertz CT molecular complexity index is 624. The first-order valence-corrected chi connectivity index (χ1v) is 6.78. The van der Waals surface area contributed by atoms with E-state index in [2.05, 4.69) is 5.32 Å². The average molecular weight is 299 g/mol. The lowest BCUT2D eigenvalue weighted by Gasteiger charge is -2.13. The number of fused-ring (bicyclic) bond motifs is 1. The van der Waals surface area contributed by atoms with Crippen molar-refractivity contribution in [3.8, 4) is 0 Å². The standard InChI is InChI=1S/C13H14FNO4S/c14-9-2-1-3-10-11(9)8(12(20-10)13(18)19)4-15-7(5-16)6-17/h1-3,7,15-17H,4-6H2,(H,18,19). The van der Waals surface area contributed by atoms with Crippen LogP contribution in [0.3, 0.4) is 0 Å². The number of hydrogen-bond acceptors (Lipinski definition) is 5. The van der Waals surface area contributed by atoms with Crippen LogP contribution in [-0.4, -0.2) is 40.5 Å². The second-order valence-electron chi connectivity index (χ2n) is 4.27. The Morgan fingerprint density at radius 3 is 2.65 bits per heavy atom. The molecule has 1 aromatic carbocycles. The van der Waals surface area contributed by atoms with Gasteiger partial charge in [-0.05, 0) is 12.1 Å². The van der Waals surface area contributed by atoms with E-state index >= 15 is 0 Å². The minimum Gasteiger partial charge on any atom is -0.477 e. The van der Waals surface area contributed by atoms with Gasteiger partial charge >= 0.3 is 5.97 Å². The van der Waals surface area contributed by atoms with Crippen molar-refractivity contribution in [3.05, 3.63) is 34.5 Å². The number of carbonyl (C=O) groups is 1. The van der Waals surface area contributed by atoms with Gasteiger partial charge in [-0.15, -0.1) is 11.3 Å². The van der Waals surface area contributed by atoms with Crippen molar-refractivity contribution >= 4 is 27.4 Å². The average Bonchev–Trinajstić information content (AvgIpc) is 2.80. The molecule has 0 radical (unpaired) electrons. The first kappa shape index (κ1) is 14.9. The number of carboxylic acid groups (broad SMARTS) is 1. The summed E-state index contributed by atoms with van der Waals surface area (Å²) in [6.45, 7) is -0.513. The second kappa shape index (κ2) is 6.27. The normalized spacial score (nSPS) is 11.4. The summed E-state index contributed by atoms with van der Waals surface area (Å²) in [6.07, 6.45) is 0. The minimum atomic E-state index is -1.12. The number of aliphatic hydroxyl groups is 2. The maximum atomic E-state index is 13.9. The lowest BCUT2D eigenvalue weighted by molar-refractivity contribution is 0.0701. The first-order valence-electron chi connectivity index (χ1n) is 5.96. The number of aromatic carboxylic acids is 1. The van der Waals surface area contributed by atoms with Gasteiger partial charge in [-0.1, -0.05) is 6.07 Å². The minimum absolute atomic E-state index is 0.0622. The van der Waals surface area contributed by atoms with E-state index in [-0.39, 0.29) is 30.0 Å². The predicted molar refractivity (Wildman–Crippen MR) is 73.5 cm³/mol. The summed E-state index contributed by atoms with van der Waals surface area (Å²) in [6, 6.07) is 3.90. The summed E-state index contributed by atoms with van der Waals surface area (Å²) in [5.41, 5.74) is 0.336. The summed E-state index contributed by atoms with van der Waals surface area (Å²) in [5.74, 6) is -1.60. The van der Waals surface area contributed by atoms with E-state index in [1.165, 1.54) is 12.1 Å². The zero-order valence-electron chi connectivity index (χ0n) is 10.5. The molecule has 0 aliphatic rings. The van der Waals surface area contributed by atoms with Crippen LogP contribution >= 0.6 is 11.3 Å². The molecule has 0 aliphatic carbocycles. The Balaban J connectivity index is 2.43. The molecule has 0 spiro atoms. The van der Waals surface area contributed by atoms with Crippen LogP contribution in [0.5, 0.6) is 0 Å². The number of carboxylic acids is 1. The molecule has 1 heterocycles. The Morgan fingerprint density at radius 1 is 1.35 bits per heavy atom. The van der Waals surface area contributed by atoms with E-state index < -0.39 is 17.8 Å². The Morgan fingerprint density at radius 2 is 2.05 bits per heavy atom. The molecule has 0 unspecified atom stereocenters. The number of rotatable bonds is 6. The fourth-order valence-corrected chi connectivity index (χ4v) is 3.02. The van der Waals surface area contributed by atoms with Gasteiger partial charge in [-0.25, -0.2) is 9.18 Å². The van der Waals surface area contributed by atoms with E-state index in [1.807, 2.05) is 0 Å². The summed E-state index contributed by atoms with van der Waals surface area (Å²) in [7, 11) is 0. The van der Waals surface area contributed by atoms with E-state index in [9.17, 15) is 14.3 Å². The molecule has 1 aromatic heterocycles. The van der Waals surface area contributed by atoms with Crippen LogP contribution in [0.4, 0.5) is 4.39 Å². The lowest BCUT2D eigenvalue weighted by Crippen LogP contribution is -2.35. The van der Waals surface area contributed by atoms with Crippen molar-refractivity contribution in [3.63, 3.8) is 0 Å². The van der Waals surface area contributed by atoms with Gasteiger partial charge in [-0.3, -0.25) is 0 Å². The van der Waals surface area contributed by atoms with Gasteiger partial charge in [0.05, 0.1) is 19.3 Å². The highest BCUT2D eigenvalue weighted by Crippen LogP contribution is 2.33. The molecule has 20 heavy (non-hydrogen) atoms. The van der Waals surface area contributed by atoms with Crippen molar-refractivity contribution < 1.29 is 24.5 Å². The van der Waals surface area contributed by atoms with E-state index in [4.69, 9.17) is 10.2 Å². The van der Waals surface area contributed by atoms with Crippen LogP contribution < -0.4 is 5.32 Å². The van der Waals surface area contributed by atoms with Crippen molar-refractivity contribution in [2.24, 2.45) is 0 Å². The zero-order valence-corrected chi connectivity index (χ0v) is 11.3. The third-order valence-corrected chi connectivity index (χ3v) is 4.15. The Hall–Kier alpha value is -1.54. The van der Waals surface area contributed by atoms with Gasteiger partial charge in [0.15, 0.2) is 0 Å². The van der Waals surface area contributed by atoms with Gasteiger partial charge in [0.25, 0.3) is 0 Å². The molecular formula is C13H14FNO4S. The number of nitrogens with one attached hydrogen (secondary N) is 1. The molecule has 0 atom stereocenters. The van der Waals surface area contributed by atoms with Gasteiger partial charge in [0.1, 0.15) is 10.7 Å². The summed E-state index contributed by atoms with van der Waals surface area (Å²) in [4.78, 5) is 11.3. The Kier molecular flexibility index (Phi) is 4.66. The lowest BCUT2D eigenvalue weighted by atomic mass is 10.1. The zero-order chi connectivity index (χ0) is 14.7. The molecule has 2 rings (SSSR count). The largest absolute Gasteiger partial charge is 0.477 e. The maximum absolute atomic E-state index is 13.9. The molecule has 4 N–H and O–H groups in total. The fraction of sp³-hybridized carbons (Fsp3) is 0.308. The third-order valence-electron chi connectivity index (χ3n) is 2.97. The van der Waals surface area contributed by atoms with E-state index in [0.29, 0.717) is 10.3 Å². The van der Waals surface area contributed by atoms with Crippen LogP contribution in [0, 0.1) is 5.82 Å². The number of halogens is 1. The summed E-state index contributed by atoms with van der Waals surface area (Å²) < 4.78 is 14.5. The smallest absolute Gasteiger partial charge is 0.346 e. The second-order valence-corrected chi connectivity index (χ2v) is 5.32. The topological polar surface area (TPSA) is 89.8 Å². The highest BCUT2D eigenvalue weighted by Gasteiger charge is 2.20. The molecule has 0 saturated carbocycles. The van der Waals surface area contributed by atoms with Gasteiger partial charge in [0, 0.05) is 22.2 Å². The Labute approximate surface area is 118 Å². The highest BCUT2D eigenvalue weighted by atomic mass is 32.1. The molecule has 5 nitrogen and oxygen atoms in total. The highest BCUT2D eigenvalue weighted by molar-refractivity contribution is 7.21. The molecule has 2 aromatic rings. The van der Waals surface area contributed by atoms with Crippen LogP contribution in [-0.2, 0) is 6.54 Å². The molecule has 0 bridgehead atoms. The van der Waals surface area contributed by atoms with E-state index in [1.54, 1.807) is 6.07 Å². The molecule has 0 aliphatic heterocycles. The monoisotopic (exact) mass is 299 g/mol. The van der Waals surface area contributed by atoms with Gasteiger partial charge in [-0.2, -0.15) is 0 Å². The van der Waals surface area contributed by atoms with Gasteiger partial charge in [0.2, 0.25) is 0 Å². The SMILES string of the molecule is O=C(O)c1sc2cccc(F)c2c1CNC(CO)CO. The van der Waals surface area contributed by atoms with E-state index in [0.717, 1.165) is 11.3 Å². The number of aliphatic hydroxyl groups excluding tert-OH is 2. The first-order chi connectivity index (χ1) is 9.58. The maximum Gasteiger partial charge on any atom is 0.346 e. The van der Waals surface area contributed by atoms with Crippen molar-refractivity contribution in [2.45, 2.75) is 12.6 Å². The van der Waals surface area contributed by atoms with Crippen LogP contribution in [0.25, 0.3) is 10.1 Å². The molecule has 0 saturated heterocycles. The number of thiophene rings is 1. The molecule has 0 fully saturated rings. The van der Waals surface area contributed by atoms with Gasteiger partial charge < -0.3 is 20.6 Å². The molecule has 0 amide bonds. The molecule has 7 heteroatoms. The van der Waals surface area contributed by atoms with Crippen molar-refractivity contribution in [1.29, 1.82) is 0 Å². The van der Waals surface area contributed by atoms with Crippen LogP contribution in [0.1, 0.15) is 15.2 Å².